The Kier molecular flexibility index (Phi) is 5.33. The third kappa shape index (κ3) is 4.43. The topological polar surface area (TPSA) is 36.3 Å². The maximum Gasteiger partial charge on any atom is 0.100 e. The van der Waals surface area contributed by atoms with Crippen molar-refractivity contribution in [2.75, 3.05) is 26.8 Å². The zero-order valence-corrected chi connectivity index (χ0v) is 10.0. The van der Waals surface area contributed by atoms with Gasteiger partial charge in [0, 0.05) is 30.0 Å². The number of nitrogens with zero attached hydrogens (tertiary/aromatic N) is 2. The first-order valence-electron chi connectivity index (χ1n) is 5.00. The van der Waals surface area contributed by atoms with Gasteiger partial charge < -0.3 is 4.74 Å². The maximum atomic E-state index is 8.68. The Morgan fingerprint density at radius 3 is 3.00 bits per heavy atom. The van der Waals surface area contributed by atoms with E-state index in [0.717, 1.165) is 31.9 Å². The fourth-order valence-corrected chi connectivity index (χ4v) is 2.12. The van der Waals surface area contributed by atoms with E-state index in [1.54, 1.807) is 11.3 Å². The smallest absolute Gasteiger partial charge is 0.100 e. The second kappa shape index (κ2) is 6.57. The van der Waals surface area contributed by atoms with E-state index in [1.165, 1.54) is 4.88 Å². The number of rotatable bonds is 6. The van der Waals surface area contributed by atoms with Crippen LogP contribution in [0.4, 0.5) is 0 Å². The normalized spacial score (nSPS) is 10.5. The molecule has 0 aliphatic rings. The Labute approximate surface area is 94.9 Å². The molecule has 0 spiro atoms. The predicted molar refractivity (Wildman–Crippen MR) is 61.9 cm³/mol. The van der Waals surface area contributed by atoms with E-state index in [9.17, 15) is 0 Å². The molecule has 0 aliphatic heterocycles. The summed E-state index contributed by atoms with van der Waals surface area (Å²) in [5, 5.41) is 10.6. The molecule has 1 rings (SSSR count). The largest absolute Gasteiger partial charge is 0.380 e. The van der Waals surface area contributed by atoms with Crippen LogP contribution >= 0.6 is 11.3 Å². The van der Waals surface area contributed by atoms with Gasteiger partial charge in [0.25, 0.3) is 0 Å². The molecule has 0 amide bonds. The minimum atomic E-state index is 0.758. The molecule has 82 valence electrons. The van der Waals surface area contributed by atoms with Gasteiger partial charge in [-0.3, -0.25) is 4.90 Å². The second-order valence-electron chi connectivity index (χ2n) is 3.35. The summed E-state index contributed by atoms with van der Waals surface area (Å²) < 4.78 is 5.28. The lowest BCUT2D eigenvalue weighted by Gasteiger charge is -2.14. The van der Waals surface area contributed by atoms with Gasteiger partial charge >= 0.3 is 0 Å². The quantitative estimate of drug-likeness (QED) is 0.694. The second-order valence-corrected chi connectivity index (χ2v) is 4.34. The lowest BCUT2D eigenvalue weighted by Crippen LogP contribution is -2.22. The fourth-order valence-electron chi connectivity index (χ4n) is 1.23. The number of hydrogen-bond acceptors (Lipinski definition) is 4. The molecule has 15 heavy (non-hydrogen) atoms. The van der Waals surface area contributed by atoms with Crippen LogP contribution in [-0.4, -0.2) is 31.7 Å². The number of likely N-dealkylation sites (N-methyl/N-ethyl adjacent to an activating group) is 1. The van der Waals surface area contributed by atoms with Gasteiger partial charge in [0.2, 0.25) is 0 Å². The van der Waals surface area contributed by atoms with Crippen molar-refractivity contribution in [3.63, 3.8) is 0 Å². The van der Waals surface area contributed by atoms with Crippen molar-refractivity contribution >= 4 is 11.3 Å². The maximum absolute atomic E-state index is 8.68. The van der Waals surface area contributed by atoms with E-state index in [-0.39, 0.29) is 0 Å². The van der Waals surface area contributed by atoms with E-state index in [1.807, 2.05) is 18.4 Å². The summed E-state index contributed by atoms with van der Waals surface area (Å²) in [5.74, 6) is 0. The minimum absolute atomic E-state index is 0.758. The molecule has 1 aromatic heterocycles. The zero-order chi connectivity index (χ0) is 11.1. The molecular weight excluding hydrogens is 208 g/mol. The monoisotopic (exact) mass is 224 g/mol. The van der Waals surface area contributed by atoms with E-state index in [2.05, 4.69) is 18.0 Å². The summed E-state index contributed by atoms with van der Waals surface area (Å²) in [6.07, 6.45) is 0. The van der Waals surface area contributed by atoms with Gasteiger partial charge in [-0.15, -0.1) is 11.3 Å². The lowest BCUT2D eigenvalue weighted by atomic mass is 10.3. The first kappa shape index (κ1) is 12.2. The van der Waals surface area contributed by atoms with Crippen LogP contribution in [0, 0.1) is 11.3 Å². The van der Waals surface area contributed by atoms with Gasteiger partial charge in [-0.2, -0.15) is 5.26 Å². The molecule has 1 heterocycles. The van der Waals surface area contributed by atoms with Crippen molar-refractivity contribution in [3.05, 3.63) is 21.9 Å². The van der Waals surface area contributed by atoms with Crippen LogP contribution in [0.5, 0.6) is 0 Å². The van der Waals surface area contributed by atoms with E-state index in [0.29, 0.717) is 0 Å². The summed E-state index contributed by atoms with van der Waals surface area (Å²) in [4.78, 5) is 3.42. The first-order chi connectivity index (χ1) is 7.26. The Hall–Kier alpha value is -0.890. The molecule has 0 bridgehead atoms. The van der Waals surface area contributed by atoms with Gasteiger partial charge in [-0.1, -0.05) is 0 Å². The first-order valence-corrected chi connectivity index (χ1v) is 5.88. The highest BCUT2D eigenvalue weighted by Crippen LogP contribution is 2.15. The fraction of sp³-hybridized carbons (Fsp3) is 0.545. The minimum Gasteiger partial charge on any atom is -0.380 e. The van der Waals surface area contributed by atoms with Crippen LogP contribution in [-0.2, 0) is 11.3 Å². The number of ether oxygens (including phenoxy) is 1. The van der Waals surface area contributed by atoms with Crippen LogP contribution in [0.1, 0.15) is 17.4 Å². The van der Waals surface area contributed by atoms with Gasteiger partial charge in [0.1, 0.15) is 6.07 Å². The van der Waals surface area contributed by atoms with Gasteiger partial charge in [-0.05, 0) is 20.0 Å². The molecule has 0 N–H and O–H groups in total. The summed E-state index contributed by atoms with van der Waals surface area (Å²) >= 11 is 1.64. The van der Waals surface area contributed by atoms with Crippen molar-refractivity contribution < 1.29 is 4.74 Å². The highest BCUT2D eigenvalue weighted by molar-refractivity contribution is 7.10. The Morgan fingerprint density at radius 2 is 2.40 bits per heavy atom. The van der Waals surface area contributed by atoms with Crippen molar-refractivity contribution in [1.82, 2.24) is 4.90 Å². The molecule has 0 saturated carbocycles. The van der Waals surface area contributed by atoms with Crippen LogP contribution < -0.4 is 0 Å². The Morgan fingerprint density at radius 1 is 1.60 bits per heavy atom. The average molecular weight is 224 g/mol. The number of hydrogen-bond donors (Lipinski definition) is 0. The Bertz CT molecular complexity index is 330. The summed E-state index contributed by atoms with van der Waals surface area (Å²) in [7, 11) is 2.06. The SMILES string of the molecule is CCOCCN(C)Cc1cc(C#N)cs1. The zero-order valence-electron chi connectivity index (χ0n) is 9.19. The van der Waals surface area contributed by atoms with E-state index < -0.39 is 0 Å². The third-order valence-electron chi connectivity index (χ3n) is 2.03. The van der Waals surface area contributed by atoms with Crippen molar-refractivity contribution in [2.24, 2.45) is 0 Å². The number of thiophene rings is 1. The summed E-state index contributed by atoms with van der Waals surface area (Å²) in [6.45, 7) is 5.35. The molecule has 0 saturated heterocycles. The molecule has 0 aromatic carbocycles. The molecule has 0 radical (unpaired) electrons. The van der Waals surface area contributed by atoms with E-state index >= 15 is 0 Å². The summed E-state index contributed by atoms with van der Waals surface area (Å²) in [5.41, 5.74) is 0.758. The molecular formula is C11H16N2OS. The standard InChI is InChI=1S/C11H16N2OS/c1-3-14-5-4-13(2)8-11-6-10(7-12)9-15-11/h6,9H,3-5,8H2,1-2H3. The molecule has 0 unspecified atom stereocenters. The van der Waals surface area contributed by atoms with Gasteiger partial charge in [-0.25, -0.2) is 0 Å². The van der Waals surface area contributed by atoms with Crippen molar-refractivity contribution in [2.45, 2.75) is 13.5 Å². The van der Waals surface area contributed by atoms with Crippen LogP contribution in [0.15, 0.2) is 11.4 Å². The third-order valence-corrected chi connectivity index (χ3v) is 2.95. The van der Waals surface area contributed by atoms with Gasteiger partial charge in [0.05, 0.1) is 12.2 Å². The highest BCUT2D eigenvalue weighted by Gasteiger charge is 2.03. The Balaban J connectivity index is 2.31. The van der Waals surface area contributed by atoms with Gasteiger partial charge in [0.15, 0.2) is 0 Å². The molecule has 0 atom stereocenters. The molecule has 0 fully saturated rings. The highest BCUT2D eigenvalue weighted by atomic mass is 32.1. The molecule has 1 aromatic rings. The molecule has 0 aliphatic carbocycles. The van der Waals surface area contributed by atoms with Crippen LogP contribution in [0.3, 0.4) is 0 Å². The van der Waals surface area contributed by atoms with E-state index in [4.69, 9.17) is 10.00 Å². The molecule has 4 heteroatoms. The molecule has 3 nitrogen and oxygen atoms in total. The van der Waals surface area contributed by atoms with Crippen LogP contribution in [0.2, 0.25) is 0 Å². The predicted octanol–water partition coefficient (Wildman–Crippen LogP) is 2.09. The van der Waals surface area contributed by atoms with Crippen LogP contribution in [0.25, 0.3) is 0 Å². The van der Waals surface area contributed by atoms with Crippen molar-refractivity contribution in [3.8, 4) is 6.07 Å². The number of nitriles is 1. The summed E-state index contributed by atoms with van der Waals surface area (Å²) in [6, 6.07) is 4.09. The lowest BCUT2D eigenvalue weighted by molar-refractivity contribution is 0.120. The average Bonchev–Trinajstić information content (AvgIpc) is 2.66. The van der Waals surface area contributed by atoms with Crippen molar-refractivity contribution in [1.29, 1.82) is 5.26 Å².